The lowest BCUT2D eigenvalue weighted by Crippen LogP contribution is -2.38. The van der Waals surface area contributed by atoms with Crippen LogP contribution in [0.2, 0.25) is 10.0 Å². The van der Waals surface area contributed by atoms with Gasteiger partial charge in [0.15, 0.2) is 5.96 Å². The fraction of sp³-hybridized carbons (Fsp3) is 0.375. The minimum Gasteiger partial charge on any atom is -0.357 e. The van der Waals surface area contributed by atoms with Gasteiger partial charge in [0.1, 0.15) is 5.01 Å². The number of nitrogens with one attached hydrogen (secondary N) is 2. The van der Waals surface area contributed by atoms with E-state index in [1.165, 1.54) is 4.88 Å². The van der Waals surface area contributed by atoms with Crippen molar-refractivity contribution in [1.29, 1.82) is 0 Å². The zero-order valence-electron chi connectivity index (χ0n) is 13.2. The molecule has 0 saturated heterocycles. The molecule has 2 N–H and O–H groups in total. The monoisotopic (exact) mass is 370 g/mol. The molecule has 7 heteroatoms. The van der Waals surface area contributed by atoms with Crippen LogP contribution in [0.3, 0.4) is 0 Å². The van der Waals surface area contributed by atoms with E-state index in [4.69, 9.17) is 23.2 Å². The van der Waals surface area contributed by atoms with Crippen LogP contribution in [0.4, 0.5) is 0 Å². The van der Waals surface area contributed by atoms with Crippen molar-refractivity contribution in [3.8, 4) is 0 Å². The number of halogens is 2. The van der Waals surface area contributed by atoms with Crippen LogP contribution in [0.15, 0.2) is 29.4 Å². The third-order valence-electron chi connectivity index (χ3n) is 3.01. The quantitative estimate of drug-likeness (QED) is 0.595. The average Bonchev–Trinajstić information content (AvgIpc) is 2.89. The Labute approximate surface area is 151 Å². The van der Waals surface area contributed by atoms with Gasteiger partial charge in [0, 0.05) is 34.2 Å². The van der Waals surface area contributed by atoms with E-state index in [0.717, 1.165) is 36.0 Å². The molecule has 0 fully saturated rings. The van der Waals surface area contributed by atoms with Crippen molar-refractivity contribution < 1.29 is 0 Å². The Morgan fingerprint density at radius 2 is 1.96 bits per heavy atom. The SMILES string of the molecule is CCNC(=NCc1ncc(C)s1)NCCc1cc(Cl)cc(Cl)c1. The zero-order valence-corrected chi connectivity index (χ0v) is 15.5. The van der Waals surface area contributed by atoms with Gasteiger partial charge in [-0.15, -0.1) is 11.3 Å². The first-order valence-electron chi connectivity index (χ1n) is 7.45. The minimum absolute atomic E-state index is 0.580. The second kappa shape index (κ2) is 9.11. The van der Waals surface area contributed by atoms with Crippen molar-refractivity contribution in [3.63, 3.8) is 0 Å². The molecule has 0 aliphatic carbocycles. The van der Waals surface area contributed by atoms with Gasteiger partial charge in [-0.05, 0) is 44.0 Å². The zero-order chi connectivity index (χ0) is 16.7. The van der Waals surface area contributed by atoms with E-state index in [1.807, 2.05) is 32.2 Å². The summed E-state index contributed by atoms with van der Waals surface area (Å²) in [6, 6.07) is 5.59. The number of benzene rings is 1. The third kappa shape index (κ3) is 6.37. The molecule has 4 nitrogen and oxygen atoms in total. The Balaban J connectivity index is 1.88. The average molecular weight is 371 g/mol. The van der Waals surface area contributed by atoms with E-state index in [0.29, 0.717) is 16.6 Å². The minimum atomic E-state index is 0.580. The molecule has 23 heavy (non-hydrogen) atoms. The normalized spacial score (nSPS) is 11.6. The second-order valence-electron chi connectivity index (χ2n) is 5.01. The highest BCUT2D eigenvalue weighted by molar-refractivity contribution is 7.11. The number of guanidine groups is 1. The fourth-order valence-electron chi connectivity index (χ4n) is 2.04. The van der Waals surface area contributed by atoms with Gasteiger partial charge in [-0.25, -0.2) is 9.98 Å². The van der Waals surface area contributed by atoms with Gasteiger partial charge in [-0.2, -0.15) is 0 Å². The molecule has 0 radical (unpaired) electrons. The second-order valence-corrected chi connectivity index (χ2v) is 7.21. The first-order chi connectivity index (χ1) is 11.1. The number of thiazole rings is 1. The Bertz CT molecular complexity index is 650. The summed E-state index contributed by atoms with van der Waals surface area (Å²) in [5.41, 5.74) is 1.10. The van der Waals surface area contributed by atoms with E-state index < -0.39 is 0 Å². The lowest BCUT2D eigenvalue weighted by Gasteiger charge is -2.11. The van der Waals surface area contributed by atoms with Gasteiger partial charge in [0.25, 0.3) is 0 Å². The van der Waals surface area contributed by atoms with Crippen molar-refractivity contribution in [3.05, 3.63) is 49.9 Å². The van der Waals surface area contributed by atoms with Gasteiger partial charge in [0.2, 0.25) is 0 Å². The highest BCUT2D eigenvalue weighted by atomic mass is 35.5. The van der Waals surface area contributed by atoms with Crippen molar-refractivity contribution in [2.75, 3.05) is 13.1 Å². The van der Waals surface area contributed by atoms with Crippen molar-refractivity contribution >= 4 is 40.5 Å². The van der Waals surface area contributed by atoms with E-state index in [-0.39, 0.29) is 0 Å². The van der Waals surface area contributed by atoms with Gasteiger partial charge >= 0.3 is 0 Å². The molecule has 0 unspecified atom stereocenters. The summed E-state index contributed by atoms with van der Waals surface area (Å²) in [7, 11) is 0. The van der Waals surface area contributed by atoms with E-state index >= 15 is 0 Å². The molecule has 1 heterocycles. The van der Waals surface area contributed by atoms with Crippen LogP contribution in [-0.4, -0.2) is 24.0 Å². The molecular weight excluding hydrogens is 351 g/mol. The Morgan fingerprint density at radius 1 is 1.22 bits per heavy atom. The molecule has 1 aromatic carbocycles. The first-order valence-corrected chi connectivity index (χ1v) is 9.02. The van der Waals surface area contributed by atoms with E-state index in [1.54, 1.807) is 17.4 Å². The van der Waals surface area contributed by atoms with Gasteiger partial charge in [-0.1, -0.05) is 23.2 Å². The molecule has 0 spiro atoms. The number of nitrogens with zero attached hydrogens (tertiary/aromatic N) is 2. The Hall–Kier alpha value is -1.30. The maximum Gasteiger partial charge on any atom is 0.191 e. The number of aromatic nitrogens is 1. The van der Waals surface area contributed by atoms with Crippen LogP contribution < -0.4 is 10.6 Å². The molecular formula is C16H20Cl2N4S. The molecule has 0 aliphatic heterocycles. The molecule has 0 aliphatic rings. The molecule has 0 amide bonds. The van der Waals surface area contributed by atoms with Crippen LogP contribution in [0, 0.1) is 6.92 Å². The van der Waals surface area contributed by atoms with Crippen LogP contribution >= 0.6 is 34.5 Å². The maximum absolute atomic E-state index is 6.01. The number of aryl methyl sites for hydroxylation is 1. The molecule has 0 bridgehead atoms. The lowest BCUT2D eigenvalue weighted by molar-refractivity contribution is 0.799. The summed E-state index contributed by atoms with van der Waals surface area (Å²) in [6.07, 6.45) is 2.69. The van der Waals surface area contributed by atoms with Crippen molar-refractivity contribution in [2.45, 2.75) is 26.8 Å². The summed E-state index contributed by atoms with van der Waals surface area (Å²) in [5, 5.41) is 8.88. The summed E-state index contributed by atoms with van der Waals surface area (Å²) < 4.78 is 0. The van der Waals surface area contributed by atoms with E-state index in [9.17, 15) is 0 Å². The number of rotatable bonds is 6. The predicted octanol–water partition coefficient (Wildman–Crippen LogP) is 4.06. The van der Waals surface area contributed by atoms with Gasteiger partial charge in [-0.3, -0.25) is 0 Å². The smallest absolute Gasteiger partial charge is 0.191 e. The summed E-state index contributed by atoms with van der Waals surface area (Å²) in [5.74, 6) is 0.786. The highest BCUT2D eigenvalue weighted by Crippen LogP contribution is 2.19. The molecule has 1 aromatic heterocycles. The first kappa shape index (κ1) is 18.0. The fourth-order valence-corrected chi connectivity index (χ4v) is 3.33. The van der Waals surface area contributed by atoms with Crippen LogP contribution in [0.1, 0.15) is 22.4 Å². The molecule has 2 rings (SSSR count). The van der Waals surface area contributed by atoms with Gasteiger partial charge in [0.05, 0.1) is 6.54 Å². The van der Waals surface area contributed by atoms with Crippen LogP contribution in [-0.2, 0) is 13.0 Å². The van der Waals surface area contributed by atoms with E-state index in [2.05, 4.69) is 20.6 Å². The topological polar surface area (TPSA) is 49.3 Å². The van der Waals surface area contributed by atoms with Crippen LogP contribution in [0.25, 0.3) is 0 Å². The summed E-state index contributed by atoms with van der Waals surface area (Å²) in [4.78, 5) is 10.1. The van der Waals surface area contributed by atoms with Gasteiger partial charge < -0.3 is 10.6 Å². The number of hydrogen-bond donors (Lipinski definition) is 2. The summed E-state index contributed by atoms with van der Waals surface area (Å²) >= 11 is 13.7. The van der Waals surface area contributed by atoms with Crippen LogP contribution in [0.5, 0.6) is 0 Å². The maximum atomic E-state index is 6.01. The van der Waals surface area contributed by atoms with Crippen molar-refractivity contribution in [2.24, 2.45) is 4.99 Å². The number of hydrogen-bond acceptors (Lipinski definition) is 3. The largest absolute Gasteiger partial charge is 0.357 e. The molecule has 0 saturated carbocycles. The standard InChI is InChI=1S/C16H20Cl2N4S/c1-3-19-16(22-10-15-21-9-11(2)23-15)20-5-4-12-6-13(17)8-14(18)7-12/h6-9H,3-5,10H2,1-2H3,(H2,19,20,22). The predicted molar refractivity (Wildman–Crippen MR) is 99.8 cm³/mol. The summed E-state index contributed by atoms with van der Waals surface area (Å²) in [6.45, 7) is 6.23. The third-order valence-corrected chi connectivity index (χ3v) is 4.35. The molecule has 124 valence electrons. The molecule has 2 aromatic rings. The van der Waals surface area contributed by atoms with Crippen molar-refractivity contribution in [1.82, 2.24) is 15.6 Å². The Morgan fingerprint density at radius 3 is 2.57 bits per heavy atom. The highest BCUT2D eigenvalue weighted by Gasteiger charge is 2.02. The Kier molecular flexibility index (Phi) is 7.15. The number of aliphatic imine (C=N–C) groups is 1. The molecule has 0 atom stereocenters. The lowest BCUT2D eigenvalue weighted by atomic mass is 10.1.